The summed E-state index contributed by atoms with van der Waals surface area (Å²) in [4.78, 5) is 27.1. The zero-order valence-electron chi connectivity index (χ0n) is 16.0. The Morgan fingerprint density at radius 3 is 2.50 bits per heavy atom. The van der Waals surface area contributed by atoms with Gasteiger partial charge in [0.25, 0.3) is 5.91 Å². The van der Waals surface area contributed by atoms with Gasteiger partial charge in [0, 0.05) is 18.1 Å². The van der Waals surface area contributed by atoms with Crippen molar-refractivity contribution in [3.63, 3.8) is 0 Å². The fourth-order valence-corrected chi connectivity index (χ4v) is 3.60. The highest BCUT2D eigenvalue weighted by Gasteiger charge is 2.28. The first-order valence-electron chi connectivity index (χ1n) is 9.15. The van der Waals surface area contributed by atoms with Crippen molar-refractivity contribution < 1.29 is 14.3 Å². The van der Waals surface area contributed by atoms with E-state index in [0.29, 0.717) is 34.8 Å². The number of carbonyl (C=O) groups excluding carboxylic acids is 2. The minimum absolute atomic E-state index is 0.165. The standard InChI is InChI=1S/C21H24BrClN2O3/c1-3-18(21(27)24-4-2)25(13-15-8-6-5-7-9-15)20(26)14-28-19-11-10-16(23)12-17(19)22/h5-12,18H,3-4,13-14H2,1-2H3,(H,24,27). The van der Waals surface area contributed by atoms with Gasteiger partial charge in [-0.3, -0.25) is 9.59 Å². The Morgan fingerprint density at radius 2 is 1.89 bits per heavy atom. The van der Waals surface area contributed by atoms with Gasteiger partial charge in [-0.15, -0.1) is 0 Å². The van der Waals surface area contributed by atoms with Crippen LogP contribution >= 0.6 is 27.5 Å². The molecule has 2 rings (SSSR count). The molecular weight excluding hydrogens is 444 g/mol. The number of rotatable bonds is 9. The summed E-state index contributed by atoms with van der Waals surface area (Å²) in [6.45, 7) is 4.41. The van der Waals surface area contributed by atoms with Crippen LogP contribution in [0.15, 0.2) is 53.0 Å². The van der Waals surface area contributed by atoms with Gasteiger partial charge < -0.3 is 15.0 Å². The molecule has 1 unspecified atom stereocenters. The van der Waals surface area contributed by atoms with E-state index in [9.17, 15) is 9.59 Å². The lowest BCUT2D eigenvalue weighted by Crippen LogP contribution is -2.50. The Morgan fingerprint density at radius 1 is 1.18 bits per heavy atom. The molecule has 0 aromatic heterocycles. The molecule has 150 valence electrons. The van der Waals surface area contributed by atoms with Crippen molar-refractivity contribution in [2.75, 3.05) is 13.2 Å². The van der Waals surface area contributed by atoms with E-state index in [4.69, 9.17) is 16.3 Å². The van der Waals surface area contributed by atoms with Crippen molar-refractivity contribution in [2.45, 2.75) is 32.9 Å². The predicted molar refractivity (Wildman–Crippen MR) is 114 cm³/mol. The molecule has 7 heteroatoms. The molecule has 0 bridgehead atoms. The molecule has 2 amide bonds. The monoisotopic (exact) mass is 466 g/mol. The Kier molecular flexibility index (Phi) is 8.80. The van der Waals surface area contributed by atoms with Crippen LogP contribution in [-0.4, -0.2) is 35.9 Å². The Balaban J connectivity index is 2.18. The molecule has 0 aliphatic rings. The predicted octanol–water partition coefficient (Wildman–Crippen LogP) is 4.42. The molecule has 0 fully saturated rings. The lowest BCUT2D eigenvalue weighted by molar-refractivity contribution is -0.142. The van der Waals surface area contributed by atoms with Crippen molar-refractivity contribution in [2.24, 2.45) is 0 Å². The molecule has 2 aromatic rings. The van der Waals surface area contributed by atoms with E-state index in [1.54, 1.807) is 23.1 Å². The first-order chi connectivity index (χ1) is 13.5. The number of amides is 2. The summed E-state index contributed by atoms with van der Waals surface area (Å²) < 4.78 is 6.34. The van der Waals surface area contributed by atoms with E-state index in [2.05, 4.69) is 21.2 Å². The molecule has 0 radical (unpaired) electrons. The Labute approximate surface area is 179 Å². The number of nitrogens with one attached hydrogen (secondary N) is 1. The topological polar surface area (TPSA) is 58.6 Å². The van der Waals surface area contributed by atoms with Gasteiger partial charge in [0.2, 0.25) is 5.91 Å². The average molecular weight is 468 g/mol. The van der Waals surface area contributed by atoms with E-state index in [-0.39, 0.29) is 18.4 Å². The Bertz CT molecular complexity index is 801. The van der Waals surface area contributed by atoms with Gasteiger partial charge in [-0.05, 0) is 53.0 Å². The minimum atomic E-state index is -0.565. The molecule has 28 heavy (non-hydrogen) atoms. The van der Waals surface area contributed by atoms with Gasteiger partial charge in [0.15, 0.2) is 6.61 Å². The third-order valence-electron chi connectivity index (χ3n) is 4.18. The quantitative estimate of drug-likeness (QED) is 0.594. The highest BCUT2D eigenvalue weighted by molar-refractivity contribution is 9.10. The maximum atomic E-state index is 13.0. The summed E-state index contributed by atoms with van der Waals surface area (Å²) in [7, 11) is 0. The van der Waals surface area contributed by atoms with Gasteiger partial charge in [-0.1, -0.05) is 48.9 Å². The summed E-state index contributed by atoms with van der Waals surface area (Å²) in [5, 5.41) is 3.38. The van der Waals surface area contributed by atoms with E-state index >= 15 is 0 Å². The number of hydrogen-bond acceptors (Lipinski definition) is 3. The summed E-state index contributed by atoms with van der Waals surface area (Å²) >= 11 is 9.32. The smallest absolute Gasteiger partial charge is 0.261 e. The van der Waals surface area contributed by atoms with Crippen molar-refractivity contribution in [3.05, 3.63) is 63.6 Å². The lowest BCUT2D eigenvalue weighted by Gasteiger charge is -2.30. The van der Waals surface area contributed by atoms with Gasteiger partial charge >= 0.3 is 0 Å². The van der Waals surface area contributed by atoms with Crippen molar-refractivity contribution in [3.8, 4) is 5.75 Å². The van der Waals surface area contributed by atoms with Crippen LogP contribution in [0.4, 0.5) is 0 Å². The fraction of sp³-hybridized carbons (Fsp3) is 0.333. The van der Waals surface area contributed by atoms with Crippen LogP contribution in [-0.2, 0) is 16.1 Å². The zero-order valence-corrected chi connectivity index (χ0v) is 18.3. The molecule has 0 heterocycles. The van der Waals surface area contributed by atoms with E-state index < -0.39 is 6.04 Å². The normalized spacial score (nSPS) is 11.6. The SMILES string of the molecule is CCNC(=O)C(CC)N(Cc1ccccc1)C(=O)COc1ccc(Cl)cc1Br. The van der Waals surface area contributed by atoms with Gasteiger partial charge in [0.1, 0.15) is 11.8 Å². The number of likely N-dealkylation sites (N-methyl/N-ethyl adjacent to an activating group) is 1. The summed E-state index contributed by atoms with van der Waals surface area (Å²) in [6, 6.07) is 14.1. The maximum absolute atomic E-state index is 13.0. The molecule has 0 aliphatic heterocycles. The molecule has 0 saturated heterocycles. The van der Waals surface area contributed by atoms with Crippen LogP contribution < -0.4 is 10.1 Å². The number of halogens is 2. The highest BCUT2D eigenvalue weighted by Crippen LogP contribution is 2.28. The highest BCUT2D eigenvalue weighted by atomic mass is 79.9. The molecule has 5 nitrogen and oxygen atoms in total. The summed E-state index contributed by atoms with van der Waals surface area (Å²) in [5.41, 5.74) is 0.950. The molecule has 0 saturated carbocycles. The molecule has 1 N–H and O–H groups in total. The second-order valence-electron chi connectivity index (χ2n) is 6.19. The molecule has 1 atom stereocenters. The van der Waals surface area contributed by atoms with Crippen molar-refractivity contribution in [1.82, 2.24) is 10.2 Å². The lowest BCUT2D eigenvalue weighted by atomic mass is 10.1. The van der Waals surface area contributed by atoms with Gasteiger partial charge in [-0.25, -0.2) is 0 Å². The van der Waals surface area contributed by atoms with Crippen LogP contribution in [0.3, 0.4) is 0 Å². The first kappa shape index (κ1) is 22.2. The number of ether oxygens (including phenoxy) is 1. The van der Waals surface area contributed by atoms with Gasteiger partial charge in [-0.2, -0.15) is 0 Å². The summed E-state index contributed by atoms with van der Waals surface area (Å²) in [6.07, 6.45) is 0.509. The largest absolute Gasteiger partial charge is 0.483 e. The van der Waals surface area contributed by atoms with Crippen LogP contribution in [0.1, 0.15) is 25.8 Å². The summed E-state index contributed by atoms with van der Waals surface area (Å²) in [5.74, 6) is 0.0919. The van der Waals surface area contributed by atoms with Crippen molar-refractivity contribution >= 4 is 39.3 Å². The number of hydrogen-bond donors (Lipinski definition) is 1. The third kappa shape index (κ3) is 6.24. The third-order valence-corrected chi connectivity index (χ3v) is 5.03. The second-order valence-corrected chi connectivity index (χ2v) is 7.48. The number of benzene rings is 2. The van der Waals surface area contributed by atoms with Crippen LogP contribution in [0, 0.1) is 0 Å². The molecule has 0 spiro atoms. The minimum Gasteiger partial charge on any atom is -0.483 e. The molecule has 2 aromatic carbocycles. The van der Waals surface area contributed by atoms with Crippen molar-refractivity contribution in [1.29, 1.82) is 0 Å². The fourth-order valence-electron chi connectivity index (χ4n) is 2.81. The molecular formula is C21H24BrClN2O3. The van der Waals surface area contributed by atoms with Crippen LogP contribution in [0.2, 0.25) is 5.02 Å². The number of carbonyl (C=O) groups is 2. The molecule has 0 aliphatic carbocycles. The van der Waals surface area contributed by atoms with Gasteiger partial charge in [0.05, 0.1) is 4.47 Å². The van der Waals surface area contributed by atoms with E-state index in [1.807, 2.05) is 44.2 Å². The van der Waals surface area contributed by atoms with E-state index in [1.165, 1.54) is 0 Å². The second kappa shape index (κ2) is 11.1. The Hall–Kier alpha value is -2.05. The van der Waals surface area contributed by atoms with Crippen LogP contribution in [0.5, 0.6) is 5.75 Å². The average Bonchev–Trinajstić information content (AvgIpc) is 2.68. The number of nitrogens with zero attached hydrogens (tertiary/aromatic N) is 1. The first-order valence-corrected chi connectivity index (χ1v) is 10.3. The maximum Gasteiger partial charge on any atom is 0.261 e. The van der Waals surface area contributed by atoms with Crippen LogP contribution in [0.25, 0.3) is 0 Å². The zero-order chi connectivity index (χ0) is 20.5. The van der Waals surface area contributed by atoms with E-state index in [0.717, 1.165) is 5.56 Å².